The van der Waals surface area contributed by atoms with E-state index in [1.54, 1.807) is 30.3 Å². The first kappa shape index (κ1) is 20.3. The first-order valence-electron chi connectivity index (χ1n) is 9.71. The van der Waals surface area contributed by atoms with E-state index in [9.17, 15) is 9.90 Å². The van der Waals surface area contributed by atoms with Crippen molar-refractivity contribution in [2.75, 3.05) is 11.9 Å². The molecule has 0 radical (unpaired) electrons. The molecule has 1 amide bonds. The fourth-order valence-electron chi connectivity index (χ4n) is 3.39. The van der Waals surface area contributed by atoms with Crippen molar-refractivity contribution >= 4 is 23.1 Å². The zero-order chi connectivity index (χ0) is 21.8. The van der Waals surface area contributed by atoms with E-state index in [-0.39, 0.29) is 5.84 Å². The monoisotopic (exact) mass is 414 g/mol. The highest BCUT2D eigenvalue weighted by Crippen LogP contribution is 2.31. The Morgan fingerprint density at radius 1 is 1.03 bits per heavy atom. The Hall–Kier alpha value is -3.94. The van der Waals surface area contributed by atoms with Gasteiger partial charge in [0.1, 0.15) is 5.84 Å². The number of rotatable bonds is 6. The number of nitrogens with one attached hydrogen (secondary N) is 3. The van der Waals surface area contributed by atoms with Crippen LogP contribution in [0.3, 0.4) is 0 Å². The second-order valence-electron chi connectivity index (χ2n) is 7.17. The van der Waals surface area contributed by atoms with Crippen molar-refractivity contribution < 1.29 is 14.7 Å². The molecule has 0 fully saturated rings. The summed E-state index contributed by atoms with van der Waals surface area (Å²) < 4.78 is 0. The van der Waals surface area contributed by atoms with E-state index in [2.05, 4.69) is 10.8 Å². The number of hydrogen-bond acceptors (Lipinski definition) is 5. The number of aliphatic hydroxyl groups is 1. The zero-order valence-corrected chi connectivity index (χ0v) is 16.6. The number of nitrogens with two attached hydrogens (primary N) is 1. The predicted octanol–water partition coefficient (Wildman–Crippen LogP) is 2.88. The van der Waals surface area contributed by atoms with Crippen LogP contribution in [0, 0.1) is 5.41 Å². The van der Waals surface area contributed by atoms with E-state index in [0.717, 1.165) is 11.1 Å². The van der Waals surface area contributed by atoms with Gasteiger partial charge in [-0.05, 0) is 23.8 Å². The molecule has 0 aromatic heterocycles. The van der Waals surface area contributed by atoms with Crippen molar-refractivity contribution in [1.29, 1.82) is 5.41 Å². The highest BCUT2D eigenvalue weighted by atomic mass is 16.7. The van der Waals surface area contributed by atoms with Gasteiger partial charge < -0.3 is 16.2 Å². The molecule has 0 saturated heterocycles. The third kappa shape index (κ3) is 4.05. The van der Waals surface area contributed by atoms with Crippen LogP contribution in [0.15, 0.2) is 84.9 Å². The molecule has 7 nitrogen and oxygen atoms in total. The molecule has 0 aliphatic carbocycles. The van der Waals surface area contributed by atoms with Crippen molar-refractivity contribution in [2.24, 2.45) is 5.73 Å². The second kappa shape index (κ2) is 8.43. The van der Waals surface area contributed by atoms with Gasteiger partial charge in [0, 0.05) is 22.4 Å². The highest BCUT2D eigenvalue weighted by Gasteiger charge is 2.43. The van der Waals surface area contributed by atoms with E-state index in [1.165, 1.54) is 6.08 Å². The number of amidine groups is 1. The van der Waals surface area contributed by atoms with Gasteiger partial charge in [0.15, 0.2) is 0 Å². The van der Waals surface area contributed by atoms with Crippen LogP contribution in [0.1, 0.15) is 11.1 Å². The number of benzene rings is 3. The van der Waals surface area contributed by atoms with Gasteiger partial charge in [-0.3, -0.25) is 20.5 Å². The molecule has 6 N–H and O–H groups in total. The second-order valence-corrected chi connectivity index (χ2v) is 7.17. The summed E-state index contributed by atoms with van der Waals surface area (Å²) in [6, 6.07) is 24.1. The van der Waals surface area contributed by atoms with Crippen molar-refractivity contribution in [3.63, 3.8) is 0 Å². The third-order valence-electron chi connectivity index (χ3n) is 5.08. The van der Waals surface area contributed by atoms with E-state index < -0.39 is 18.1 Å². The lowest BCUT2D eigenvalue weighted by molar-refractivity contribution is -0.142. The minimum absolute atomic E-state index is 0.0648. The highest BCUT2D eigenvalue weighted by molar-refractivity contribution is 6.03. The number of nitrogen functional groups attached to an aromatic ring is 1. The summed E-state index contributed by atoms with van der Waals surface area (Å²) in [4.78, 5) is 18.7. The third-order valence-corrected chi connectivity index (χ3v) is 5.08. The maximum absolute atomic E-state index is 13.2. The Balaban J connectivity index is 1.63. The number of hydroxylamine groups is 1. The van der Waals surface area contributed by atoms with Crippen LogP contribution in [0.2, 0.25) is 0 Å². The molecule has 156 valence electrons. The van der Waals surface area contributed by atoms with E-state index >= 15 is 0 Å². The van der Waals surface area contributed by atoms with Crippen LogP contribution in [0.25, 0.3) is 16.8 Å². The summed E-state index contributed by atoms with van der Waals surface area (Å²) in [5.74, 6) is -0.575. The quantitative estimate of drug-likeness (QED) is 0.314. The molecule has 31 heavy (non-hydrogen) atoms. The Morgan fingerprint density at radius 2 is 1.74 bits per heavy atom. The lowest BCUT2D eigenvalue weighted by atomic mass is 9.99. The topological polar surface area (TPSA) is 120 Å². The molecule has 1 atom stereocenters. The van der Waals surface area contributed by atoms with Crippen molar-refractivity contribution in [2.45, 2.75) is 5.60 Å². The molecule has 0 bridgehead atoms. The van der Waals surface area contributed by atoms with Gasteiger partial charge >= 0.3 is 0 Å². The number of anilines is 1. The minimum Gasteiger partial charge on any atom is -0.392 e. The van der Waals surface area contributed by atoms with Crippen LogP contribution >= 0.6 is 0 Å². The molecule has 4 rings (SSSR count). The molecule has 1 aliphatic heterocycles. The summed E-state index contributed by atoms with van der Waals surface area (Å²) in [7, 11) is 0. The summed E-state index contributed by atoms with van der Waals surface area (Å²) in [5, 5.41) is 20.5. The van der Waals surface area contributed by atoms with Gasteiger partial charge in [-0.15, -0.1) is 0 Å². The average Bonchev–Trinajstić information content (AvgIpc) is 3.26. The van der Waals surface area contributed by atoms with Crippen LogP contribution in [0.4, 0.5) is 5.69 Å². The van der Waals surface area contributed by atoms with Crippen LogP contribution in [-0.2, 0) is 9.63 Å². The van der Waals surface area contributed by atoms with Crippen molar-refractivity contribution in [3.8, 4) is 11.1 Å². The number of carbonyl (C=O) groups is 1. The average molecular weight is 414 g/mol. The Labute approximate surface area is 179 Å². The molecule has 3 aromatic carbocycles. The summed E-state index contributed by atoms with van der Waals surface area (Å²) in [6.45, 7) is -0.560. The first-order chi connectivity index (χ1) is 15.0. The molecule has 1 unspecified atom stereocenters. The largest absolute Gasteiger partial charge is 0.392 e. The van der Waals surface area contributed by atoms with E-state index in [4.69, 9.17) is 16.0 Å². The fraction of sp³-hybridized carbons (Fsp3) is 0.0833. The minimum atomic E-state index is -1.61. The molecule has 1 heterocycles. The van der Waals surface area contributed by atoms with Gasteiger partial charge in [-0.25, -0.2) is 0 Å². The maximum Gasteiger partial charge on any atom is 0.265 e. The Morgan fingerprint density at radius 3 is 2.48 bits per heavy atom. The van der Waals surface area contributed by atoms with Gasteiger partial charge in [0.05, 0.1) is 12.3 Å². The number of aliphatic hydroxyl groups excluding tert-OH is 1. The number of amides is 1. The molecule has 0 spiro atoms. The molecule has 0 saturated carbocycles. The maximum atomic E-state index is 13.2. The number of para-hydroxylation sites is 1. The van der Waals surface area contributed by atoms with E-state index in [0.29, 0.717) is 22.5 Å². The standard InChI is InChI=1S/C24H22N4O3/c25-22(26)18-10-6-9-17(13-18)21-14-24(15-29,31-28-21)23(30)27-20-12-5-4-11-19(20)16-7-2-1-3-8-16/h1-14,28-29H,15H2,(H3,25,26)(H,27,30). The van der Waals surface area contributed by atoms with Gasteiger partial charge in [0.25, 0.3) is 5.91 Å². The molecule has 3 aromatic rings. The molecular weight excluding hydrogens is 392 g/mol. The lowest BCUT2D eigenvalue weighted by Gasteiger charge is -2.22. The normalized spacial score (nSPS) is 17.5. The number of hydrogen-bond donors (Lipinski definition) is 5. The lowest BCUT2D eigenvalue weighted by Crippen LogP contribution is -2.46. The van der Waals surface area contributed by atoms with Crippen molar-refractivity contribution in [3.05, 3.63) is 96.1 Å². The zero-order valence-electron chi connectivity index (χ0n) is 16.6. The van der Waals surface area contributed by atoms with E-state index in [1.807, 2.05) is 48.5 Å². The Bertz CT molecular complexity index is 1160. The predicted molar refractivity (Wildman–Crippen MR) is 120 cm³/mol. The van der Waals surface area contributed by atoms with Crippen LogP contribution in [-0.4, -0.2) is 29.1 Å². The van der Waals surface area contributed by atoms with Crippen molar-refractivity contribution in [1.82, 2.24) is 5.48 Å². The molecule has 7 heteroatoms. The summed E-state index contributed by atoms with van der Waals surface area (Å²) in [5.41, 5.74) is 10.8. The number of carbonyl (C=O) groups excluding carboxylic acids is 1. The summed E-state index contributed by atoms with van der Waals surface area (Å²) in [6.07, 6.45) is 1.53. The fourth-order valence-corrected chi connectivity index (χ4v) is 3.39. The SMILES string of the molecule is N=C(N)c1cccc(C2=CC(CO)(C(=O)Nc3ccccc3-c3ccccc3)ON2)c1. The van der Waals surface area contributed by atoms with Gasteiger partial charge in [-0.1, -0.05) is 66.7 Å². The van der Waals surface area contributed by atoms with Gasteiger partial charge in [-0.2, -0.15) is 0 Å². The van der Waals surface area contributed by atoms with Gasteiger partial charge in [0.2, 0.25) is 5.60 Å². The Kier molecular flexibility index (Phi) is 5.53. The van der Waals surface area contributed by atoms with Crippen LogP contribution < -0.4 is 16.5 Å². The summed E-state index contributed by atoms with van der Waals surface area (Å²) >= 11 is 0. The van der Waals surface area contributed by atoms with Crippen LogP contribution in [0.5, 0.6) is 0 Å². The molecular formula is C24H22N4O3. The smallest absolute Gasteiger partial charge is 0.265 e. The first-order valence-corrected chi connectivity index (χ1v) is 9.71. The molecule has 1 aliphatic rings.